The molecule has 1 N–H and O–H groups in total. The molecule has 1 heterocycles. The largest absolute Gasteiger partial charge is 0.489 e. The van der Waals surface area contributed by atoms with Crippen molar-refractivity contribution in [1.29, 1.82) is 0 Å². The van der Waals surface area contributed by atoms with Crippen LogP contribution < -0.4 is 10.1 Å². The maximum absolute atomic E-state index is 5.99. The monoisotopic (exact) mass is 355 g/mol. The molecule has 2 aromatic carbocycles. The maximum atomic E-state index is 5.99. The number of anilines is 1. The number of tetrazole rings is 1. The number of hydrogen-bond donors (Lipinski definition) is 1. The molecular weight excluding hydrogens is 338 g/mol. The molecular formula is C18H18ClN5O. The van der Waals surface area contributed by atoms with Crippen molar-refractivity contribution in [1.82, 2.24) is 20.2 Å². The lowest BCUT2D eigenvalue weighted by Gasteiger charge is -2.09. The molecule has 0 bridgehead atoms. The van der Waals surface area contributed by atoms with Crippen LogP contribution in [0.4, 0.5) is 5.95 Å². The normalized spacial score (nSPS) is 10.4. The molecule has 6 nitrogen and oxygen atoms in total. The lowest BCUT2D eigenvalue weighted by atomic mass is 10.2. The number of nitrogens with zero attached hydrogens (tertiary/aromatic N) is 4. The van der Waals surface area contributed by atoms with E-state index in [1.807, 2.05) is 48.5 Å². The molecule has 0 unspecified atom stereocenters. The van der Waals surface area contributed by atoms with Crippen LogP contribution in [0.5, 0.6) is 5.75 Å². The number of halogens is 1. The van der Waals surface area contributed by atoms with Gasteiger partial charge in [-0.2, -0.15) is 0 Å². The van der Waals surface area contributed by atoms with Crippen LogP contribution in [-0.4, -0.2) is 20.2 Å². The van der Waals surface area contributed by atoms with Gasteiger partial charge in [0.2, 0.25) is 5.95 Å². The van der Waals surface area contributed by atoms with Gasteiger partial charge in [-0.25, -0.2) is 4.68 Å². The highest BCUT2D eigenvalue weighted by molar-refractivity contribution is 6.30. The third-order valence-corrected chi connectivity index (χ3v) is 3.71. The van der Waals surface area contributed by atoms with Gasteiger partial charge in [-0.15, -0.1) is 6.58 Å². The highest BCUT2D eigenvalue weighted by Crippen LogP contribution is 2.17. The molecule has 0 aliphatic heterocycles. The molecule has 7 heteroatoms. The quantitative estimate of drug-likeness (QED) is 0.624. The molecule has 0 amide bonds. The van der Waals surface area contributed by atoms with Crippen LogP contribution >= 0.6 is 11.6 Å². The lowest BCUT2D eigenvalue weighted by Crippen LogP contribution is -2.08. The molecule has 0 aliphatic rings. The van der Waals surface area contributed by atoms with E-state index >= 15 is 0 Å². The van der Waals surface area contributed by atoms with E-state index in [4.69, 9.17) is 16.3 Å². The summed E-state index contributed by atoms with van der Waals surface area (Å²) in [6.07, 6.45) is 1.74. The van der Waals surface area contributed by atoms with Gasteiger partial charge in [-0.3, -0.25) is 0 Å². The minimum atomic E-state index is 0.467. The summed E-state index contributed by atoms with van der Waals surface area (Å²) < 4.78 is 7.49. The van der Waals surface area contributed by atoms with Gasteiger partial charge in [0.15, 0.2) is 0 Å². The first kappa shape index (κ1) is 17.0. The summed E-state index contributed by atoms with van der Waals surface area (Å²) in [4.78, 5) is 0. The number of nitrogens with one attached hydrogen (secondary N) is 1. The zero-order valence-electron chi connectivity index (χ0n) is 13.6. The minimum Gasteiger partial charge on any atom is -0.489 e. The van der Waals surface area contributed by atoms with E-state index in [0.717, 1.165) is 16.9 Å². The van der Waals surface area contributed by atoms with E-state index in [1.54, 1.807) is 10.8 Å². The molecule has 0 spiro atoms. The Morgan fingerprint density at radius 1 is 1.16 bits per heavy atom. The Kier molecular flexibility index (Phi) is 5.64. The van der Waals surface area contributed by atoms with Gasteiger partial charge in [-0.1, -0.05) is 47.0 Å². The van der Waals surface area contributed by atoms with Crippen LogP contribution in [0, 0.1) is 0 Å². The van der Waals surface area contributed by atoms with Crippen molar-refractivity contribution in [2.24, 2.45) is 0 Å². The van der Waals surface area contributed by atoms with E-state index in [9.17, 15) is 0 Å². The Hall–Kier alpha value is -2.86. The molecule has 25 heavy (non-hydrogen) atoms. The first-order valence-corrected chi connectivity index (χ1v) is 8.19. The van der Waals surface area contributed by atoms with Crippen molar-refractivity contribution in [3.63, 3.8) is 0 Å². The Bertz CT molecular complexity index is 849. The van der Waals surface area contributed by atoms with Gasteiger partial charge < -0.3 is 10.1 Å². The SMILES string of the molecule is C=CCn1nnnc1NCc1cccc(OCc2cccc(Cl)c2)c1. The highest BCUT2D eigenvalue weighted by atomic mass is 35.5. The number of hydrogen-bond acceptors (Lipinski definition) is 5. The van der Waals surface area contributed by atoms with E-state index in [2.05, 4.69) is 27.4 Å². The fourth-order valence-corrected chi connectivity index (χ4v) is 2.51. The fraction of sp³-hybridized carbons (Fsp3) is 0.167. The molecule has 3 aromatic rings. The number of benzene rings is 2. The predicted octanol–water partition coefficient (Wildman–Crippen LogP) is 3.70. The Morgan fingerprint density at radius 2 is 2.00 bits per heavy atom. The first-order chi connectivity index (χ1) is 12.2. The second kappa shape index (κ2) is 8.30. The second-order valence-electron chi connectivity index (χ2n) is 5.39. The molecule has 0 fully saturated rings. The van der Waals surface area contributed by atoms with E-state index in [1.165, 1.54) is 0 Å². The van der Waals surface area contributed by atoms with E-state index in [-0.39, 0.29) is 0 Å². The first-order valence-electron chi connectivity index (χ1n) is 7.82. The Balaban J connectivity index is 1.59. The number of allylic oxidation sites excluding steroid dienone is 1. The smallest absolute Gasteiger partial charge is 0.243 e. The van der Waals surface area contributed by atoms with Gasteiger partial charge in [0.05, 0.1) is 6.54 Å². The molecule has 128 valence electrons. The molecule has 0 atom stereocenters. The van der Waals surface area contributed by atoms with Crippen molar-refractivity contribution < 1.29 is 4.74 Å². The number of rotatable bonds is 8. The van der Waals surface area contributed by atoms with Crippen molar-refractivity contribution in [2.75, 3.05) is 5.32 Å². The van der Waals surface area contributed by atoms with Crippen LogP contribution in [0.2, 0.25) is 5.02 Å². The molecule has 0 radical (unpaired) electrons. The average molecular weight is 356 g/mol. The highest BCUT2D eigenvalue weighted by Gasteiger charge is 2.04. The summed E-state index contributed by atoms with van der Waals surface area (Å²) in [7, 11) is 0. The van der Waals surface area contributed by atoms with Crippen LogP contribution in [0.1, 0.15) is 11.1 Å². The van der Waals surface area contributed by atoms with Gasteiger partial charge in [-0.05, 0) is 45.8 Å². The van der Waals surface area contributed by atoms with Gasteiger partial charge >= 0.3 is 0 Å². The third kappa shape index (κ3) is 4.81. The van der Waals surface area contributed by atoms with Crippen molar-refractivity contribution in [3.8, 4) is 5.75 Å². The topological polar surface area (TPSA) is 64.9 Å². The zero-order chi connectivity index (χ0) is 17.5. The maximum Gasteiger partial charge on any atom is 0.243 e. The fourth-order valence-electron chi connectivity index (χ4n) is 2.30. The summed E-state index contributed by atoms with van der Waals surface area (Å²) >= 11 is 5.99. The predicted molar refractivity (Wildman–Crippen MR) is 97.6 cm³/mol. The van der Waals surface area contributed by atoms with Crippen molar-refractivity contribution in [2.45, 2.75) is 19.7 Å². The van der Waals surface area contributed by atoms with Gasteiger partial charge in [0.25, 0.3) is 0 Å². The zero-order valence-corrected chi connectivity index (χ0v) is 14.4. The molecule has 1 aromatic heterocycles. The molecule has 0 saturated heterocycles. The van der Waals surface area contributed by atoms with Gasteiger partial charge in [0, 0.05) is 11.6 Å². The average Bonchev–Trinajstić information content (AvgIpc) is 3.06. The van der Waals surface area contributed by atoms with Gasteiger partial charge in [0.1, 0.15) is 12.4 Å². The second-order valence-corrected chi connectivity index (χ2v) is 5.83. The third-order valence-electron chi connectivity index (χ3n) is 3.48. The molecule has 3 rings (SSSR count). The summed E-state index contributed by atoms with van der Waals surface area (Å²) in [5.41, 5.74) is 2.09. The molecule has 0 aliphatic carbocycles. The van der Waals surface area contributed by atoms with Crippen molar-refractivity contribution >= 4 is 17.5 Å². The van der Waals surface area contributed by atoms with Crippen LogP contribution in [0.3, 0.4) is 0 Å². The summed E-state index contributed by atoms with van der Waals surface area (Å²) in [6.45, 7) is 5.30. The number of aromatic nitrogens is 4. The Labute approximate surface area is 151 Å². The summed E-state index contributed by atoms with van der Waals surface area (Å²) in [5.74, 6) is 1.40. The van der Waals surface area contributed by atoms with Crippen LogP contribution in [0.25, 0.3) is 0 Å². The van der Waals surface area contributed by atoms with E-state index < -0.39 is 0 Å². The van der Waals surface area contributed by atoms with Crippen LogP contribution in [0.15, 0.2) is 61.2 Å². The minimum absolute atomic E-state index is 0.467. The Morgan fingerprint density at radius 3 is 2.84 bits per heavy atom. The molecule has 0 saturated carbocycles. The summed E-state index contributed by atoms with van der Waals surface area (Å²) in [5, 5.41) is 15.4. The lowest BCUT2D eigenvalue weighted by molar-refractivity contribution is 0.306. The standard InChI is InChI=1S/C18H18ClN5O/c1-2-9-24-18(21-22-23-24)20-12-14-5-4-8-17(11-14)25-13-15-6-3-7-16(19)10-15/h2-8,10-11H,1,9,12-13H2,(H,20,21,23). The number of ether oxygens (including phenoxy) is 1. The summed E-state index contributed by atoms with van der Waals surface area (Å²) in [6, 6.07) is 15.5. The van der Waals surface area contributed by atoms with E-state index in [0.29, 0.717) is 30.7 Å². The van der Waals surface area contributed by atoms with Crippen LogP contribution in [-0.2, 0) is 19.7 Å². The van der Waals surface area contributed by atoms with Crippen molar-refractivity contribution in [3.05, 3.63) is 77.3 Å².